The van der Waals surface area contributed by atoms with E-state index in [4.69, 9.17) is 0 Å². The van der Waals surface area contributed by atoms with Gasteiger partial charge in [-0.15, -0.1) is 5.10 Å². The van der Waals surface area contributed by atoms with Crippen molar-refractivity contribution in [1.29, 1.82) is 0 Å². The molecule has 1 aromatic rings. The molecule has 0 spiro atoms. The number of hydrogen-bond acceptors (Lipinski definition) is 4. The van der Waals surface area contributed by atoms with Crippen molar-refractivity contribution in [2.24, 2.45) is 0 Å². The average molecular weight is 195 g/mol. The SMILES string of the molecule is CCNCc1cn([C@H]2CCNC2)nn1. The van der Waals surface area contributed by atoms with Gasteiger partial charge in [0.25, 0.3) is 0 Å². The van der Waals surface area contributed by atoms with Gasteiger partial charge in [-0.25, -0.2) is 4.68 Å². The van der Waals surface area contributed by atoms with Gasteiger partial charge in [0.2, 0.25) is 0 Å². The fourth-order valence-corrected chi connectivity index (χ4v) is 1.69. The van der Waals surface area contributed by atoms with Crippen molar-refractivity contribution in [3.63, 3.8) is 0 Å². The van der Waals surface area contributed by atoms with E-state index in [9.17, 15) is 0 Å². The summed E-state index contributed by atoms with van der Waals surface area (Å²) in [4.78, 5) is 0. The first-order valence-electron chi connectivity index (χ1n) is 5.22. The van der Waals surface area contributed by atoms with E-state index in [2.05, 4.69) is 27.9 Å². The quantitative estimate of drug-likeness (QED) is 0.705. The van der Waals surface area contributed by atoms with Crippen molar-refractivity contribution in [3.8, 4) is 0 Å². The van der Waals surface area contributed by atoms with Crippen LogP contribution in [0.3, 0.4) is 0 Å². The van der Waals surface area contributed by atoms with E-state index >= 15 is 0 Å². The second kappa shape index (κ2) is 4.52. The summed E-state index contributed by atoms with van der Waals surface area (Å²) in [6.07, 6.45) is 3.20. The molecule has 1 aliphatic heterocycles. The number of rotatable bonds is 4. The highest BCUT2D eigenvalue weighted by Gasteiger charge is 2.17. The predicted octanol–water partition coefficient (Wildman–Crippen LogP) is -0.0780. The molecule has 1 aromatic heterocycles. The van der Waals surface area contributed by atoms with Gasteiger partial charge in [0, 0.05) is 13.1 Å². The smallest absolute Gasteiger partial charge is 0.0964 e. The molecule has 5 nitrogen and oxygen atoms in total. The van der Waals surface area contributed by atoms with E-state index in [-0.39, 0.29) is 0 Å². The normalized spacial score (nSPS) is 21.6. The summed E-state index contributed by atoms with van der Waals surface area (Å²) in [6, 6.07) is 0.498. The van der Waals surface area contributed by atoms with Gasteiger partial charge in [0.15, 0.2) is 0 Å². The number of nitrogens with zero attached hydrogens (tertiary/aromatic N) is 3. The Morgan fingerprint density at radius 2 is 2.64 bits per heavy atom. The maximum Gasteiger partial charge on any atom is 0.0964 e. The van der Waals surface area contributed by atoms with Gasteiger partial charge < -0.3 is 10.6 Å². The van der Waals surface area contributed by atoms with E-state index in [0.29, 0.717) is 6.04 Å². The van der Waals surface area contributed by atoms with Crippen LogP contribution in [-0.2, 0) is 6.54 Å². The third-order valence-corrected chi connectivity index (χ3v) is 2.52. The molecule has 5 heteroatoms. The molecule has 0 radical (unpaired) electrons. The van der Waals surface area contributed by atoms with Gasteiger partial charge >= 0.3 is 0 Å². The molecule has 2 heterocycles. The fraction of sp³-hybridized carbons (Fsp3) is 0.778. The lowest BCUT2D eigenvalue weighted by Gasteiger charge is -2.06. The van der Waals surface area contributed by atoms with Crippen LogP contribution < -0.4 is 10.6 Å². The maximum absolute atomic E-state index is 4.14. The van der Waals surface area contributed by atoms with Crippen molar-refractivity contribution in [1.82, 2.24) is 25.6 Å². The zero-order valence-corrected chi connectivity index (χ0v) is 8.53. The number of aromatic nitrogens is 3. The Bertz CT molecular complexity index is 276. The Labute approximate surface area is 83.9 Å². The molecule has 2 rings (SSSR count). The molecule has 1 saturated heterocycles. The molecular formula is C9H17N5. The van der Waals surface area contributed by atoms with Crippen LogP contribution in [0.2, 0.25) is 0 Å². The topological polar surface area (TPSA) is 54.8 Å². The molecule has 0 bridgehead atoms. The zero-order valence-electron chi connectivity index (χ0n) is 8.53. The third kappa shape index (κ3) is 2.10. The van der Waals surface area contributed by atoms with E-state index in [1.807, 2.05) is 10.9 Å². The highest BCUT2D eigenvalue weighted by Crippen LogP contribution is 2.13. The van der Waals surface area contributed by atoms with Crippen LogP contribution in [0.5, 0.6) is 0 Å². The molecule has 0 unspecified atom stereocenters. The summed E-state index contributed by atoms with van der Waals surface area (Å²) in [5.74, 6) is 0. The molecule has 2 N–H and O–H groups in total. The molecule has 1 fully saturated rings. The van der Waals surface area contributed by atoms with Crippen LogP contribution >= 0.6 is 0 Å². The lowest BCUT2D eigenvalue weighted by molar-refractivity contribution is 0.476. The second-order valence-corrected chi connectivity index (χ2v) is 3.62. The van der Waals surface area contributed by atoms with Gasteiger partial charge in [-0.2, -0.15) is 0 Å². The highest BCUT2D eigenvalue weighted by atomic mass is 15.4. The molecule has 1 aliphatic rings. The zero-order chi connectivity index (χ0) is 9.80. The standard InChI is InChI=1S/C9H17N5/c1-2-10-5-8-7-14(13-12-8)9-3-4-11-6-9/h7,9-11H,2-6H2,1H3/t9-/m0/s1. The lowest BCUT2D eigenvalue weighted by atomic mass is 10.3. The average Bonchev–Trinajstić information content (AvgIpc) is 2.85. The summed E-state index contributed by atoms with van der Waals surface area (Å²) in [5, 5.41) is 14.8. The minimum Gasteiger partial charge on any atom is -0.315 e. The summed E-state index contributed by atoms with van der Waals surface area (Å²) < 4.78 is 1.98. The second-order valence-electron chi connectivity index (χ2n) is 3.62. The lowest BCUT2D eigenvalue weighted by Crippen LogP contribution is -2.14. The highest BCUT2D eigenvalue weighted by molar-refractivity contribution is 4.93. The molecule has 1 atom stereocenters. The predicted molar refractivity (Wildman–Crippen MR) is 53.9 cm³/mol. The minimum absolute atomic E-state index is 0.498. The monoisotopic (exact) mass is 195 g/mol. The van der Waals surface area contributed by atoms with Crippen LogP contribution in [0.25, 0.3) is 0 Å². The molecule has 14 heavy (non-hydrogen) atoms. The summed E-state index contributed by atoms with van der Waals surface area (Å²) >= 11 is 0. The van der Waals surface area contributed by atoms with Gasteiger partial charge in [-0.1, -0.05) is 12.1 Å². The van der Waals surface area contributed by atoms with Crippen molar-refractivity contribution in [2.75, 3.05) is 19.6 Å². The third-order valence-electron chi connectivity index (χ3n) is 2.52. The number of hydrogen-bond donors (Lipinski definition) is 2. The molecular weight excluding hydrogens is 178 g/mol. The Morgan fingerprint density at radius 3 is 3.36 bits per heavy atom. The molecule has 0 saturated carbocycles. The minimum atomic E-state index is 0.498. The maximum atomic E-state index is 4.14. The van der Waals surface area contributed by atoms with Gasteiger partial charge in [0.1, 0.15) is 0 Å². The molecule has 78 valence electrons. The Hall–Kier alpha value is -0.940. The molecule has 0 aromatic carbocycles. The first-order chi connectivity index (χ1) is 6.90. The molecule has 0 amide bonds. The first kappa shape index (κ1) is 9.61. The van der Waals surface area contributed by atoms with Gasteiger partial charge in [-0.3, -0.25) is 0 Å². The largest absolute Gasteiger partial charge is 0.315 e. The van der Waals surface area contributed by atoms with Gasteiger partial charge in [0.05, 0.1) is 17.9 Å². The van der Waals surface area contributed by atoms with Crippen LogP contribution in [0.4, 0.5) is 0 Å². The fourth-order valence-electron chi connectivity index (χ4n) is 1.69. The van der Waals surface area contributed by atoms with E-state index in [0.717, 1.165) is 38.3 Å². The molecule has 0 aliphatic carbocycles. The van der Waals surface area contributed by atoms with Crippen LogP contribution in [0.15, 0.2) is 6.20 Å². The Kier molecular flexibility index (Phi) is 3.10. The Balaban J connectivity index is 1.94. The first-order valence-corrected chi connectivity index (χ1v) is 5.22. The van der Waals surface area contributed by atoms with Gasteiger partial charge in [-0.05, 0) is 19.5 Å². The van der Waals surface area contributed by atoms with Crippen molar-refractivity contribution in [3.05, 3.63) is 11.9 Å². The Morgan fingerprint density at radius 1 is 1.71 bits per heavy atom. The van der Waals surface area contributed by atoms with Crippen LogP contribution in [0, 0.1) is 0 Å². The van der Waals surface area contributed by atoms with Crippen molar-refractivity contribution in [2.45, 2.75) is 25.9 Å². The van der Waals surface area contributed by atoms with Crippen molar-refractivity contribution >= 4 is 0 Å². The van der Waals surface area contributed by atoms with Crippen LogP contribution in [-0.4, -0.2) is 34.6 Å². The van der Waals surface area contributed by atoms with E-state index in [1.165, 1.54) is 0 Å². The van der Waals surface area contributed by atoms with E-state index in [1.54, 1.807) is 0 Å². The van der Waals surface area contributed by atoms with E-state index < -0.39 is 0 Å². The number of nitrogens with one attached hydrogen (secondary N) is 2. The summed E-state index contributed by atoms with van der Waals surface area (Å²) in [7, 11) is 0. The summed E-state index contributed by atoms with van der Waals surface area (Å²) in [6.45, 7) is 5.98. The van der Waals surface area contributed by atoms with Crippen molar-refractivity contribution < 1.29 is 0 Å². The van der Waals surface area contributed by atoms with Crippen LogP contribution in [0.1, 0.15) is 25.1 Å². The summed E-state index contributed by atoms with van der Waals surface area (Å²) in [5.41, 5.74) is 1.03.